The number of hydrogen-bond acceptors (Lipinski definition) is 3. The lowest BCUT2D eigenvalue weighted by Crippen LogP contribution is -2.04. The highest BCUT2D eigenvalue weighted by Crippen LogP contribution is 2.30. The Balaban J connectivity index is 2.47. The van der Waals surface area contributed by atoms with Crippen LogP contribution in [0.15, 0.2) is 24.4 Å². The maximum Gasteiger partial charge on any atom is 0.387 e. The molecule has 0 atom stereocenters. The van der Waals surface area contributed by atoms with E-state index in [9.17, 15) is 8.78 Å². The number of aryl methyl sites for hydroxylation is 2. The first-order valence-corrected chi connectivity index (χ1v) is 5.32. The first kappa shape index (κ1) is 12.3. The second-order valence-electron chi connectivity index (χ2n) is 3.93. The number of halogens is 2. The predicted molar refractivity (Wildman–Crippen MR) is 64.4 cm³/mol. The van der Waals surface area contributed by atoms with Gasteiger partial charge in [-0.15, -0.1) is 0 Å². The predicted octanol–water partition coefficient (Wildman–Crippen LogP) is 2.58. The molecule has 96 valence electrons. The van der Waals surface area contributed by atoms with E-state index in [0.717, 1.165) is 0 Å². The van der Waals surface area contributed by atoms with Gasteiger partial charge in [0.2, 0.25) is 0 Å². The second-order valence-corrected chi connectivity index (χ2v) is 3.93. The van der Waals surface area contributed by atoms with Gasteiger partial charge in [-0.2, -0.15) is 13.9 Å². The molecule has 2 N–H and O–H groups in total. The lowest BCUT2D eigenvalue weighted by atomic mass is 10.1. The lowest BCUT2D eigenvalue weighted by Gasteiger charge is -2.10. The van der Waals surface area contributed by atoms with Crippen LogP contribution >= 0.6 is 0 Å². The average Bonchev–Trinajstić information content (AvgIpc) is 2.62. The summed E-state index contributed by atoms with van der Waals surface area (Å²) in [6, 6.07) is 5.04. The fourth-order valence-electron chi connectivity index (χ4n) is 1.78. The van der Waals surface area contributed by atoms with Crippen LogP contribution in [0.3, 0.4) is 0 Å². The van der Waals surface area contributed by atoms with Crippen LogP contribution in [0.4, 0.5) is 14.5 Å². The topological polar surface area (TPSA) is 53.1 Å². The number of hydrogen-bond donors (Lipinski definition) is 1. The van der Waals surface area contributed by atoms with Gasteiger partial charge in [-0.05, 0) is 18.6 Å². The SMILES string of the molecule is Cc1ccc(-c2c(N)cnn2C)cc1OC(F)F. The molecule has 18 heavy (non-hydrogen) atoms. The standard InChI is InChI=1S/C12H13F2N3O/c1-7-3-4-8(5-10(7)18-12(13)14)11-9(15)6-16-17(11)2/h3-6,12H,15H2,1-2H3. The minimum absolute atomic E-state index is 0.142. The Labute approximate surface area is 103 Å². The number of anilines is 1. The van der Waals surface area contributed by atoms with Gasteiger partial charge < -0.3 is 10.5 Å². The highest BCUT2D eigenvalue weighted by Gasteiger charge is 2.12. The minimum Gasteiger partial charge on any atom is -0.435 e. The van der Waals surface area contributed by atoms with Crippen LogP contribution < -0.4 is 10.5 Å². The second kappa shape index (κ2) is 4.64. The van der Waals surface area contributed by atoms with Crippen LogP contribution in [0, 0.1) is 6.92 Å². The van der Waals surface area contributed by atoms with Crippen LogP contribution in [0.25, 0.3) is 11.3 Å². The number of benzene rings is 1. The van der Waals surface area contributed by atoms with Crippen molar-refractivity contribution < 1.29 is 13.5 Å². The molecule has 1 aromatic heterocycles. The third-order valence-electron chi connectivity index (χ3n) is 2.64. The van der Waals surface area contributed by atoms with Crippen molar-refractivity contribution in [3.8, 4) is 17.0 Å². The normalized spacial score (nSPS) is 10.9. The molecular weight excluding hydrogens is 240 g/mol. The van der Waals surface area contributed by atoms with Crippen molar-refractivity contribution in [1.29, 1.82) is 0 Å². The van der Waals surface area contributed by atoms with Gasteiger partial charge in [0, 0.05) is 12.6 Å². The van der Waals surface area contributed by atoms with Crippen LogP contribution in [-0.4, -0.2) is 16.4 Å². The minimum atomic E-state index is -2.84. The molecule has 1 aromatic carbocycles. The first-order valence-electron chi connectivity index (χ1n) is 5.32. The fraction of sp³-hybridized carbons (Fsp3) is 0.250. The first-order chi connectivity index (χ1) is 8.49. The molecule has 0 amide bonds. The van der Waals surface area contributed by atoms with Gasteiger partial charge >= 0.3 is 6.61 Å². The number of nitrogens with two attached hydrogens (primary N) is 1. The molecule has 0 spiro atoms. The highest BCUT2D eigenvalue weighted by atomic mass is 19.3. The van der Waals surface area contributed by atoms with Gasteiger partial charge in [-0.25, -0.2) is 0 Å². The Bertz CT molecular complexity index is 547. The van der Waals surface area contributed by atoms with Gasteiger partial charge in [0.25, 0.3) is 0 Å². The van der Waals surface area contributed by atoms with Crippen molar-refractivity contribution in [3.05, 3.63) is 30.0 Å². The number of nitrogens with zero attached hydrogens (tertiary/aromatic N) is 2. The summed E-state index contributed by atoms with van der Waals surface area (Å²) in [5, 5.41) is 4.01. The third-order valence-corrected chi connectivity index (χ3v) is 2.64. The van der Waals surface area contributed by atoms with E-state index in [1.54, 1.807) is 30.8 Å². The molecule has 4 nitrogen and oxygen atoms in total. The van der Waals surface area contributed by atoms with Gasteiger partial charge in [0.15, 0.2) is 0 Å². The monoisotopic (exact) mass is 253 g/mol. The zero-order chi connectivity index (χ0) is 13.3. The molecule has 0 aliphatic rings. The number of aromatic nitrogens is 2. The summed E-state index contributed by atoms with van der Waals surface area (Å²) in [5.74, 6) is 0.142. The molecule has 2 rings (SSSR count). The Morgan fingerprint density at radius 2 is 2.11 bits per heavy atom. The van der Waals surface area contributed by atoms with Gasteiger partial charge in [-0.3, -0.25) is 4.68 Å². The zero-order valence-electron chi connectivity index (χ0n) is 10.0. The van der Waals surface area contributed by atoms with E-state index in [4.69, 9.17) is 5.73 Å². The molecule has 1 heterocycles. The number of alkyl halides is 2. The van der Waals surface area contributed by atoms with Crippen molar-refractivity contribution in [2.24, 2.45) is 7.05 Å². The fourth-order valence-corrected chi connectivity index (χ4v) is 1.78. The molecule has 0 fully saturated rings. The molecule has 2 aromatic rings. The molecule has 0 saturated heterocycles. The van der Waals surface area contributed by atoms with E-state index < -0.39 is 6.61 Å². The molecule has 0 bridgehead atoms. The van der Waals surface area contributed by atoms with E-state index >= 15 is 0 Å². The smallest absolute Gasteiger partial charge is 0.387 e. The maximum absolute atomic E-state index is 12.3. The summed E-state index contributed by atoms with van der Waals surface area (Å²) in [6.45, 7) is -1.14. The molecular formula is C12H13F2N3O. The molecule has 0 unspecified atom stereocenters. The number of rotatable bonds is 3. The van der Waals surface area contributed by atoms with Crippen molar-refractivity contribution in [2.75, 3.05) is 5.73 Å². The van der Waals surface area contributed by atoms with Crippen molar-refractivity contribution >= 4 is 5.69 Å². The quantitative estimate of drug-likeness (QED) is 0.914. The van der Waals surface area contributed by atoms with Crippen molar-refractivity contribution in [1.82, 2.24) is 9.78 Å². The summed E-state index contributed by atoms with van der Waals surface area (Å²) in [7, 11) is 1.74. The average molecular weight is 253 g/mol. The van der Waals surface area contributed by atoms with E-state index in [-0.39, 0.29) is 5.75 Å². The Morgan fingerprint density at radius 1 is 1.39 bits per heavy atom. The molecule has 0 saturated carbocycles. The van der Waals surface area contributed by atoms with Crippen LogP contribution in [0.5, 0.6) is 5.75 Å². The van der Waals surface area contributed by atoms with E-state index in [2.05, 4.69) is 9.84 Å². The van der Waals surface area contributed by atoms with Gasteiger partial charge in [0.1, 0.15) is 5.75 Å². The zero-order valence-corrected chi connectivity index (χ0v) is 10.0. The molecule has 0 aliphatic carbocycles. The molecule has 0 radical (unpaired) electrons. The summed E-state index contributed by atoms with van der Waals surface area (Å²) in [6.07, 6.45) is 1.52. The van der Waals surface area contributed by atoms with Gasteiger partial charge in [0.05, 0.1) is 17.6 Å². The maximum atomic E-state index is 12.3. The third kappa shape index (κ3) is 2.27. The summed E-state index contributed by atoms with van der Waals surface area (Å²) >= 11 is 0. The largest absolute Gasteiger partial charge is 0.435 e. The van der Waals surface area contributed by atoms with Crippen LogP contribution in [0.1, 0.15) is 5.56 Å². The highest BCUT2D eigenvalue weighted by molar-refractivity contribution is 5.73. The Morgan fingerprint density at radius 3 is 2.67 bits per heavy atom. The summed E-state index contributed by atoms with van der Waals surface area (Å²) in [4.78, 5) is 0. The number of ether oxygens (including phenoxy) is 1. The van der Waals surface area contributed by atoms with Crippen molar-refractivity contribution in [2.45, 2.75) is 13.5 Å². The van der Waals surface area contributed by atoms with Crippen LogP contribution in [-0.2, 0) is 7.05 Å². The van der Waals surface area contributed by atoms with Gasteiger partial charge in [-0.1, -0.05) is 12.1 Å². The summed E-state index contributed by atoms with van der Waals surface area (Å²) < 4.78 is 30.6. The summed E-state index contributed by atoms with van der Waals surface area (Å²) in [5.41, 5.74) is 8.28. The Kier molecular flexibility index (Phi) is 3.18. The lowest BCUT2D eigenvalue weighted by molar-refractivity contribution is -0.0502. The van der Waals surface area contributed by atoms with E-state index in [0.29, 0.717) is 22.5 Å². The van der Waals surface area contributed by atoms with E-state index in [1.807, 2.05) is 0 Å². The number of nitrogen functional groups attached to an aromatic ring is 1. The van der Waals surface area contributed by atoms with Crippen LogP contribution in [0.2, 0.25) is 0 Å². The molecule has 6 heteroatoms. The Hall–Kier alpha value is -2.11. The van der Waals surface area contributed by atoms with Crippen molar-refractivity contribution in [3.63, 3.8) is 0 Å². The van der Waals surface area contributed by atoms with E-state index in [1.165, 1.54) is 12.3 Å². The molecule has 0 aliphatic heterocycles.